The Bertz CT molecular complexity index is 499. The molecule has 0 saturated heterocycles. The first-order chi connectivity index (χ1) is 8.04. The van der Waals surface area contributed by atoms with Crippen LogP contribution in [-0.2, 0) is 15.6 Å². The van der Waals surface area contributed by atoms with Crippen molar-refractivity contribution in [1.29, 1.82) is 5.26 Å². The van der Waals surface area contributed by atoms with E-state index in [9.17, 15) is 9.00 Å². The molecule has 1 aromatic rings. The molecule has 0 aliphatic rings. The fraction of sp³-hybridized carbons (Fsp3) is 0.200. The van der Waals surface area contributed by atoms with Gasteiger partial charge in [-0.1, -0.05) is 11.6 Å². The second-order valence-corrected chi connectivity index (χ2v) is 4.96. The van der Waals surface area contributed by atoms with Gasteiger partial charge in [0.2, 0.25) is 5.91 Å². The molecule has 0 radical (unpaired) electrons. The molecule has 5 nitrogen and oxygen atoms in total. The van der Waals surface area contributed by atoms with Crippen molar-refractivity contribution < 1.29 is 9.00 Å². The lowest BCUT2D eigenvalue weighted by atomic mass is 10.3. The number of nitrogen functional groups attached to an aromatic ring is 1. The SMILES string of the molecule is N#CCNC(=O)CS(=O)c1cc(Cl)ccc1N. The number of nitrogens with one attached hydrogen (secondary N) is 1. The van der Waals surface area contributed by atoms with Gasteiger partial charge >= 0.3 is 0 Å². The van der Waals surface area contributed by atoms with Crippen molar-refractivity contribution in [2.24, 2.45) is 0 Å². The van der Waals surface area contributed by atoms with E-state index in [4.69, 9.17) is 22.6 Å². The number of hydrogen-bond acceptors (Lipinski definition) is 4. The highest BCUT2D eigenvalue weighted by molar-refractivity contribution is 7.86. The lowest BCUT2D eigenvalue weighted by Gasteiger charge is -2.05. The molecule has 17 heavy (non-hydrogen) atoms. The first kappa shape index (κ1) is 13.5. The first-order valence-corrected chi connectivity index (χ1v) is 6.31. The zero-order valence-electron chi connectivity index (χ0n) is 8.77. The number of amides is 1. The van der Waals surface area contributed by atoms with E-state index in [1.165, 1.54) is 12.1 Å². The highest BCUT2D eigenvalue weighted by atomic mass is 35.5. The molecule has 90 valence electrons. The normalized spacial score (nSPS) is 11.5. The summed E-state index contributed by atoms with van der Waals surface area (Å²) in [4.78, 5) is 11.6. The lowest BCUT2D eigenvalue weighted by Crippen LogP contribution is -2.28. The van der Waals surface area contributed by atoms with E-state index < -0.39 is 16.7 Å². The van der Waals surface area contributed by atoms with Crippen molar-refractivity contribution in [3.8, 4) is 6.07 Å². The summed E-state index contributed by atoms with van der Waals surface area (Å²) in [7, 11) is -1.57. The number of rotatable bonds is 4. The van der Waals surface area contributed by atoms with E-state index in [2.05, 4.69) is 5.32 Å². The van der Waals surface area contributed by atoms with Crippen molar-refractivity contribution in [3.63, 3.8) is 0 Å². The van der Waals surface area contributed by atoms with Gasteiger partial charge in [0.1, 0.15) is 12.3 Å². The van der Waals surface area contributed by atoms with Crippen LogP contribution in [0.25, 0.3) is 0 Å². The van der Waals surface area contributed by atoms with Crippen LogP contribution in [0.2, 0.25) is 5.02 Å². The molecule has 1 unspecified atom stereocenters. The number of anilines is 1. The number of nitrogens with zero attached hydrogens (tertiary/aromatic N) is 1. The lowest BCUT2D eigenvalue weighted by molar-refractivity contribution is -0.118. The molecule has 0 saturated carbocycles. The average Bonchev–Trinajstić information content (AvgIpc) is 2.29. The number of nitrogens with two attached hydrogens (primary N) is 1. The highest BCUT2D eigenvalue weighted by Gasteiger charge is 2.13. The monoisotopic (exact) mass is 271 g/mol. The molecule has 0 aliphatic carbocycles. The largest absolute Gasteiger partial charge is 0.398 e. The molecule has 0 spiro atoms. The van der Waals surface area contributed by atoms with Gasteiger partial charge in [0, 0.05) is 10.7 Å². The Morgan fingerprint density at radius 1 is 1.59 bits per heavy atom. The van der Waals surface area contributed by atoms with E-state index in [1.807, 2.05) is 0 Å². The molecule has 7 heteroatoms. The zero-order valence-corrected chi connectivity index (χ0v) is 10.3. The number of hydrogen-bond donors (Lipinski definition) is 2. The minimum absolute atomic E-state index is 0.110. The van der Waals surface area contributed by atoms with Crippen LogP contribution in [0.5, 0.6) is 0 Å². The molecule has 0 fully saturated rings. The zero-order chi connectivity index (χ0) is 12.8. The Hall–Kier alpha value is -1.58. The topological polar surface area (TPSA) is 96.0 Å². The number of halogens is 1. The third-order valence-corrected chi connectivity index (χ3v) is 3.45. The van der Waals surface area contributed by atoms with Gasteiger partial charge in [-0.3, -0.25) is 9.00 Å². The van der Waals surface area contributed by atoms with Crippen LogP contribution in [0.3, 0.4) is 0 Å². The van der Waals surface area contributed by atoms with E-state index in [0.29, 0.717) is 15.6 Å². The highest BCUT2D eigenvalue weighted by Crippen LogP contribution is 2.21. The van der Waals surface area contributed by atoms with E-state index in [1.54, 1.807) is 12.1 Å². The van der Waals surface area contributed by atoms with E-state index in [0.717, 1.165) is 0 Å². The maximum absolute atomic E-state index is 11.8. The minimum Gasteiger partial charge on any atom is -0.398 e. The fourth-order valence-electron chi connectivity index (χ4n) is 1.09. The van der Waals surface area contributed by atoms with Crippen LogP contribution in [0.4, 0.5) is 5.69 Å². The van der Waals surface area contributed by atoms with Gasteiger partial charge < -0.3 is 11.1 Å². The van der Waals surface area contributed by atoms with Gasteiger partial charge in [-0.25, -0.2) is 0 Å². The Morgan fingerprint density at radius 2 is 2.29 bits per heavy atom. The number of carbonyl (C=O) groups excluding carboxylic acids is 1. The van der Waals surface area contributed by atoms with Crippen molar-refractivity contribution in [3.05, 3.63) is 23.2 Å². The van der Waals surface area contributed by atoms with Gasteiger partial charge in [-0.05, 0) is 18.2 Å². The summed E-state index contributed by atoms with van der Waals surface area (Å²) in [5, 5.41) is 11.0. The van der Waals surface area contributed by atoms with Crippen LogP contribution < -0.4 is 11.1 Å². The number of nitriles is 1. The molecule has 0 heterocycles. The molecular formula is C10H10ClN3O2S. The van der Waals surface area contributed by atoms with Crippen LogP contribution in [0, 0.1) is 11.3 Å². The molecule has 1 rings (SSSR count). The van der Waals surface area contributed by atoms with E-state index >= 15 is 0 Å². The predicted octanol–water partition coefficient (Wildman–Crippen LogP) is 0.670. The Morgan fingerprint density at radius 3 is 2.94 bits per heavy atom. The first-order valence-electron chi connectivity index (χ1n) is 4.61. The predicted molar refractivity (Wildman–Crippen MR) is 65.8 cm³/mol. The summed E-state index contributed by atoms with van der Waals surface area (Å²) in [6.07, 6.45) is 0. The summed E-state index contributed by atoms with van der Waals surface area (Å²) in [6.45, 7) is -0.110. The van der Waals surface area contributed by atoms with Crippen molar-refractivity contribution in [2.75, 3.05) is 18.0 Å². The number of carbonyl (C=O) groups is 1. The second kappa shape index (κ2) is 6.23. The second-order valence-electron chi connectivity index (χ2n) is 3.11. The molecule has 3 N–H and O–H groups in total. The molecule has 1 atom stereocenters. The van der Waals surface area contributed by atoms with Gasteiger partial charge in [0.15, 0.2) is 0 Å². The summed E-state index contributed by atoms with van der Waals surface area (Å²) >= 11 is 5.75. The molecule has 0 aromatic heterocycles. The van der Waals surface area contributed by atoms with Crippen molar-refractivity contribution >= 4 is 34.0 Å². The van der Waals surface area contributed by atoms with Crippen LogP contribution in [0.1, 0.15) is 0 Å². The Balaban J connectivity index is 2.73. The minimum atomic E-state index is -1.57. The molecule has 0 bridgehead atoms. The van der Waals surface area contributed by atoms with Crippen molar-refractivity contribution in [1.82, 2.24) is 5.32 Å². The summed E-state index contributed by atoms with van der Waals surface area (Å²) < 4.78 is 11.8. The third kappa shape index (κ3) is 4.06. The number of benzene rings is 1. The molecular weight excluding hydrogens is 262 g/mol. The summed E-state index contributed by atoms with van der Waals surface area (Å²) in [5.74, 6) is -0.712. The Kier molecular flexibility index (Phi) is 4.94. The van der Waals surface area contributed by atoms with E-state index in [-0.39, 0.29) is 12.3 Å². The average molecular weight is 272 g/mol. The third-order valence-electron chi connectivity index (χ3n) is 1.85. The standard InChI is InChI=1S/C10H10ClN3O2S/c11-7-1-2-8(13)9(5-7)17(16)6-10(15)14-4-3-12/h1-2,5H,4,6,13H2,(H,14,15). The smallest absolute Gasteiger partial charge is 0.233 e. The maximum atomic E-state index is 11.8. The fourth-order valence-corrected chi connectivity index (χ4v) is 2.41. The quantitative estimate of drug-likeness (QED) is 0.621. The van der Waals surface area contributed by atoms with Crippen LogP contribution in [0.15, 0.2) is 23.1 Å². The Labute approximate surface area is 106 Å². The summed E-state index contributed by atoms with van der Waals surface area (Å²) in [6, 6.07) is 6.33. The van der Waals surface area contributed by atoms with Gasteiger partial charge in [-0.15, -0.1) is 0 Å². The van der Waals surface area contributed by atoms with Crippen molar-refractivity contribution in [2.45, 2.75) is 4.90 Å². The summed E-state index contributed by atoms with van der Waals surface area (Å²) in [5.41, 5.74) is 5.95. The van der Waals surface area contributed by atoms with Gasteiger partial charge in [0.05, 0.1) is 21.8 Å². The molecule has 0 aliphatic heterocycles. The van der Waals surface area contributed by atoms with Gasteiger partial charge in [0.25, 0.3) is 0 Å². The molecule has 1 amide bonds. The van der Waals surface area contributed by atoms with Crippen LogP contribution in [-0.4, -0.2) is 22.4 Å². The van der Waals surface area contributed by atoms with Crippen LogP contribution >= 0.6 is 11.6 Å². The maximum Gasteiger partial charge on any atom is 0.233 e. The van der Waals surface area contributed by atoms with Gasteiger partial charge in [-0.2, -0.15) is 5.26 Å². The molecule has 1 aromatic carbocycles.